The van der Waals surface area contributed by atoms with Crippen molar-refractivity contribution in [1.29, 1.82) is 0 Å². The molecule has 0 aromatic heterocycles. The normalized spacial score (nSPS) is 13.8. The minimum atomic E-state index is -0.520. The first kappa shape index (κ1) is 37.3. The van der Waals surface area contributed by atoms with Gasteiger partial charge in [0.05, 0.1) is 10.8 Å². The fraction of sp³-hybridized carbons (Fsp3) is 0.0312. The highest BCUT2D eigenvalue weighted by atomic mass is 15.1. The topological polar surface area (TPSA) is 3.24 Å². The highest BCUT2D eigenvalue weighted by Crippen LogP contribution is 2.64. The molecular weight excluding hydrogens is 783 g/mol. The van der Waals surface area contributed by atoms with E-state index in [4.69, 9.17) is 0 Å². The SMILES string of the molecule is c1ccc(C2(c3ccccc3)c3ccccc3C3(c4ccccc4-c4cc(-c5ccc(N(c6ccc7ccccc7c6)c6ccc7ccccc7c6)cc5)ccc43)c3ccccc32)cc1. The van der Waals surface area contributed by atoms with Gasteiger partial charge in [-0.1, -0.05) is 218 Å². The Kier molecular flexibility index (Phi) is 8.41. The van der Waals surface area contributed by atoms with E-state index in [0.29, 0.717) is 0 Å². The fourth-order valence-corrected chi connectivity index (χ4v) is 11.7. The molecular formula is C64H43N. The number of hydrogen-bond donors (Lipinski definition) is 0. The maximum atomic E-state index is 2.45. The van der Waals surface area contributed by atoms with Crippen molar-refractivity contribution >= 4 is 38.6 Å². The van der Waals surface area contributed by atoms with Crippen LogP contribution in [0.4, 0.5) is 17.1 Å². The molecule has 0 aliphatic heterocycles. The van der Waals surface area contributed by atoms with Gasteiger partial charge in [-0.15, -0.1) is 0 Å². The van der Waals surface area contributed by atoms with Crippen molar-refractivity contribution in [2.75, 3.05) is 4.90 Å². The Morgan fingerprint density at radius 3 is 1.17 bits per heavy atom. The fourth-order valence-electron chi connectivity index (χ4n) is 11.7. The molecule has 0 N–H and O–H groups in total. The Morgan fingerprint density at radius 2 is 0.631 bits per heavy atom. The first-order valence-corrected chi connectivity index (χ1v) is 22.7. The molecule has 0 bridgehead atoms. The maximum absolute atomic E-state index is 2.45. The number of hydrogen-bond acceptors (Lipinski definition) is 1. The predicted octanol–water partition coefficient (Wildman–Crippen LogP) is 16.2. The van der Waals surface area contributed by atoms with E-state index in [9.17, 15) is 0 Å². The molecule has 11 aromatic carbocycles. The summed E-state index contributed by atoms with van der Waals surface area (Å²) in [6.07, 6.45) is 0. The maximum Gasteiger partial charge on any atom is 0.0720 e. The van der Waals surface area contributed by atoms with Gasteiger partial charge in [-0.25, -0.2) is 0 Å². The van der Waals surface area contributed by atoms with Gasteiger partial charge in [0.15, 0.2) is 0 Å². The molecule has 304 valence electrons. The van der Waals surface area contributed by atoms with E-state index in [1.165, 1.54) is 88.3 Å². The van der Waals surface area contributed by atoms with Crippen LogP contribution in [0, 0.1) is 0 Å². The summed E-state index contributed by atoms with van der Waals surface area (Å²) in [4.78, 5) is 2.38. The monoisotopic (exact) mass is 825 g/mol. The third-order valence-electron chi connectivity index (χ3n) is 14.4. The molecule has 0 radical (unpaired) electrons. The molecule has 65 heavy (non-hydrogen) atoms. The Balaban J connectivity index is 0.977. The van der Waals surface area contributed by atoms with Crippen molar-refractivity contribution in [1.82, 2.24) is 0 Å². The lowest BCUT2D eigenvalue weighted by atomic mass is 9.51. The van der Waals surface area contributed by atoms with Crippen LogP contribution in [-0.2, 0) is 10.8 Å². The number of nitrogens with zero attached hydrogens (tertiary/aromatic N) is 1. The zero-order valence-corrected chi connectivity index (χ0v) is 35.8. The molecule has 1 heteroatoms. The Hall–Kier alpha value is -8.26. The van der Waals surface area contributed by atoms with Crippen LogP contribution in [0.2, 0.25) is 0 Å². The van der Waals surface area contributed by atoms with Crippen LogP contribution in [0.15, 0.2) is 261 Å². The van der Waals surface area contributed by atoms with Gasteiger partial charge in [-0.05, 0) is 131 Å². The largest absolute Gasteiger partial charge is 0.310 e. The molecule has 1 spiro atoms. The van der Waals surface area contributed by atoms with Crippen LogP contribution in [0.5, 0.6) is 0 Å². The average molecular weight is 826 g/mol. The van der Waals surface area contributed by atoms with Gasteiger partial charge in [0.1, 0.15) is 0 Å². The van der Waals surface area contributed by atoms with Crippen molar-refractivity contribution in [3.8, 4) is 22.3 Å². The van der Waals surface area contributed by atoms with Crippen LogP contribution in [0.25, 0.3) is 43.8 Å². The zero-order chi connectivity index (χ0) is 43.0. The molecule has 13 rings (SSSR count). The Morgan fingerprint density at radius 1 is 0.231 bits per heavy atom. The van der Waals surface area contributed by atoms with Crippen LogP contribution in [-0.4, -0.2) is 0 Å². The van der Waals surface area contributed by atoms with E-state index in [0.717, 1.165) is 17.1 Å². The minimum Gasteiger partial charge on any atom is -0.310 e. The van der Waals surface area contributed by atoms with E-state index in [2.05, 4.69) is 266 Å². The Bertz CT molecular complexity index is 3440. The zero-order valence-electron chi connectivity index (χ0n) is 35.8. The van der Waals surface area contributed by atoms with Crippen molar-refractivity contribution < 1.29 is 0 Å². The standard InChI is InChI=1S/C64H43N/c1-3-21-50(22-4-1)63(51-23-5-2-6-24-51)59-27-13-15-29-61(59)64(62-30-16-14-28-60(62)63)57-26-12-11-25-55(57)56-43-49(35-40-58(56)64)46-31-36-52(37-32-46)65(53-38-33-44-17-7-9-19-47(44)41-53)54-39-34-45-18-8-10-20-48(45)42-54/h1-43H. The summed E-state index contributed by atoms with van der Waals surface area (Å²) in [6.45, 7) is 0. The van der Waals surface area contributed by atoms with Crippen LogP contribution in [0.1, 0.15) is 44.5 Å². The summed E-state index contributed by atoms with van der Waals surface area (Å²) in [5, 5.41) is 4.91. The quantitative estimate of drug-likeness (QED) is 0.161. The van der Waals surface area contributed by atoms with Crippen molar-refractivity contribution in [2.45, 2.75) is 10.8 Å². The molecule has 2 aliphatic carbocycles. The molecule has 0 amide bonds. The summed E-state index contributed by atoms with van der Waals surface area (Å²) in [5.41, 5.74) is 17.8. The molecule has 0 unspecified atom stereocenters. The summed E-state index contributed by atoms with van der Waals surface area (Å²) < 4.78 is 0. The first-order valence-electron chi connectivity index (χ1n) is 22.7. The summed E-state index contributed by atoms with van der Waals surface area (Å²) in [5.74, 6) is 0. The van der Waals surface area contributed by atoms with Gasteiger partial charge < -0.3 is 4.90 Å². The van der Waals surface area contributed by atoms with Gasteiger partial charge in [-0.2, -0.15) is 0 Å². The highest BCUT2D eigenvalue weighted by molar-refractivity contribution is 5.94. The third-order valence-corrected chi connectivity index (χ3v) is 14.4. The van der Waals surface area contributed by atoms with E-state index < -0.39 is 10.8 Å². The van der Waals surface area contributed by atoms with Crippen molar-refractivity contribution in [3.63, 3.8) is 0 Å². The molecule has 0 saturated carbocycles. The van der Waals surface area contributed by atoms with E-state index in [1.54, 1.807) is 0 Å². The molecule has 1 nitrogen and oxygen atoms in total. The summed E-state index contributed by atoms with van der Waals surface area (Å²) in [7, 11) is 0. The molecule has 11 aromatic rings. The van der Waals surface area contributed by atoms with Crippen LogP contribution >= 0.6 is 0 Å². The molecule has 0 atom stereocenters. The summed E-state index contributed by atoms with van der Waals surface area (Å²) >= 11 is 0. The first-order chi connectivity index (χ1) is 32.2. The number of benzene rings is 11. The third kappa shape index (κ3) is 5.46. The summed E-state index contributed by atoms with van der Waals surface area (Å²) in [6, 6.07) is 97.1. The van der Waals surface area contributed by atoms with Gasteiger partial charge >= 0.3 is 0 Å². The number of fused-ring (bicyclic) bond motifs is 11. The number of rotatable bonds is 6. The smallest absolute Gasteiger partial charge is 0.0720 e. The van der Waals surface area contributed by atoms with Gasteiger partial charge in [0.25, 0.3) is 0 Å². The van der Waals surface area contributed by atoms with Crippen LogP contribution in [0.3, 0.4) is 0 Å². The highest BCUT2D eigenvalue weighted by Gasteiger charge is 2.56. The lowest BCUT2D eigenvalue weighted by Gasteiger charge is -2.50. The van der Waals surface area contributed by atoms with E-state index in [1.807, 2.05) is 0 Å². The average Bonchev–Trinajstić information content (AvgIpc) is 3.67. The molecule has 2 aliphatic rings. The second kappa shape index (κ2) is 14.7. The molecule has 0 heterocycles. The van der Waals surface area contributed by atoms with Crippen molar-refractivity contribution in [3.05, 3.63) is 305 Å². The second-order valence-electron chi connectivity index (χ2n) is 17.6. The van der Waals surface area contributed by atoms with Gasteiger partial charge in [0.2, 0.25) is 0 Å². The lowest BCUT2D eigenvalue weighted by molar-refractivity contribution is 0.623. The Labute approximate surface area is 380 Å². The van der Waals surface area contributed by atoms with Gasteiger partial charge in [0, 0.05) is 17.1 Å². The molecule has 0 fully saturated rings. The van der Waals surface area contributed by atoms with Crippen molar-refractivity contribution in [2.24, 2.45) is 0 Å². The lowest BCUT2D eigenvalue weighted by Crippen LogP contribution is -2.44. The van der Waals surface area contributed by atoms with E-state index in [-0.39, 0.29) is 0 Å². The minimum absolute atomic E-state index is 0.519. The van der Waals surface area contributed by atoms with Gasteiger partial charge in [-0.3, -0.25) is 0 Å². The van der Waals surface area contributed by atoms with E-state index >= 15 is 0 Å². The predicted molar refractivity (Wildman–Crippen MR) is 271 cm³/mol. The van der Waals surface area contributed by atoms with Crippen LogP contribution < -0.4 is 4.90 Å². The number of anilines is 3. The second-order valence-corrected chi connectivity index (χ2v) is 17.6. The molecule has 0 saturated heterocycles.